The smallest absolute Gasteiger partial charge is 0.334 e. The minimum absolute atomic E-state index is 0.0353. The fourth-order valence-corrected chi connectivity index (χ4v) is 1.70. The molecule has 100 valence electrons. The second-order valence-electron chi connectivity index (χ2n) is 4.48. The van der Waals surface area contributed by atoms with Gasteiger partial charge in [-0.2, -0.15) is 14.9 Å². The van der Waals surface area contributed by atoms with Crippen LogP contribution in [0.1, 0.15) is 31.2 Å². The Kier molecular flexibility index (Phi) is 3.16. The Balaban J connectivity index is 2.62. The molecule has 0 bridgehead atoms. The Hall–Kier alpha value is -2.51. The van der Waals surface area contributed by atoms with Crippen molar-refractivity contribution in [1.29, 1.82) is 0 Å². The fraction of sp³-hybridized carbons (Fsp3) is 0.364. The lowest BCUT2D eigenvalue weighted by molar-refractivity contribution is -0.384. The topological polar surface area (TPSA) is 113 Å². The molecule has 0 saturated heterocycles. The number of aryl methyl sites for hydroxylation is 1. The number of hydrogen-bond donors (Lipinski definition) is 1. The third-order valence-electron chi connectivity index (χ3n) is 2.65. The van der Waals surface area contributed by atoms with Gasteiger partial charge in [-0.15, -0.1) is 5.10 Å². The maximum absolute atomic E-state index is 11.1. The Labute approximate surface area is 109 Å². The van der Waals surface area contributed by atoms with Gasteiger partial charge in [0.1, 0.15) is 5.69 Å². The second-order valence-corrected chi connectivity index (χ2v) is 4.48. The van der Waals surface area contributed by atoms with Gasteiger partial charge in [-0.05, 0) is 19.1 Å². The second kappa shape index (κ2) is 4.63. The van der Waals surface area contributed by atoms with Gasteiger partial charge in [0.15, 0.2) is 5.82 Å². The van der Waals surface area contributed by atoms with E-state index in [-0.39, 0.29) is 17.4 Å². The number of hydrogen-bond acceptors (Lipinski definition) is 6. The van der Waals surface area contributed by atoms with Gasteiger partial charge in [0.05, 0.1) is 10.6 Å². The van der Waals surface area contributed by atoms with Gasteiger partial charge >= 0.3 is 5.69 Å². The van der Waals surface area contributed by atoms with E-state index in [1.165, 1.54) is 4.68 Å². The van der Waals surface area contributed by atoms with Crippen LogP contribution < -0.4 is 5.73 Å². The summed E-state index contributed by atoms with van der Waals surface area (Å²) in [7, 11) is 0. The summed E-state index contributed by atoms with van der Waals surface area (Å²) in [4.78, 5) is 10.6. The zero-order valence-corrected chi connectivity index (χ0v) is 10.9. The Bertz CT molecular complexity index is 617. The quantitative estimate of drug-likeness (QED) is 0.663. The first-order valence-electron chi connectivity index (χ1n) is 5.75. The monoisotopic (exact) mass is 262 g/mol. The number of nitrogens with zero attached hydrogens (tertiary/aromatic N) is 5. The van der Waals surface area contributed by atoms with E-state index in [2.05, 4.69) is 15.3 Å². The van der Waals surface area contributed by atoms with Crippen LogP contribution in [0, 0.1) is 17.0 Å². The number of anilines is 1. The highest BCUT2D eigenvalue weighted by atomic mass is 16.6. The molecule has 0 aliphatic rings. The van der Waals surface area contributed by atoms with E-state index >= 15 is 0 Å². The molecule has 0 spiro atoms. The first kappa shape index (κ1) is 12.9. The van der Waals surface area contributed by atoms with Crippen LogP contribution in [0.2, 0.25) is 0 Å². The molecule has 19 heavy (non-hydrogen) atoms. The molecule has 0 amide bonds. The lowest BCUT2D eigenvalue weighted by Crippen LogP contribution is -2.06. The van der Waals surface area contributed by atoms with Crippen molar-refractivity contribution < 1.29 is 4.92 Å². The van der Waals surface area contributed by atoms with Gasteiger partial charge in [0.25, 0.3) is 0 Å². The number of aromatic nitrogens is 4. The van der Waals surface area contributed by atoms with E-state index in [4.69, 9.17) is 5.73 Å². The zero-order chi connectivity index (χ0) is 14.2. The Morgan fingerprint density at radius 2 is 2.05 bits per heavy atom. The van der Waals surface area contributed by atoms with E-state index in [9.17, 15) is 10.1 Å². The molecule has 0 unspecified atom stereocenters. The standard InChI is InChI=1S/C11H14N6O2/c1-6(2)9-10(17(18)19)11(12)16(15-9)8-5-4-7(3)13-14-8/h4-6H,12H2,1-3H3. The van der Waals surface area contributed by atoms with Gasteiger partial charge in [-0.1, -0.05) is 13.8 Å². The fourth-order valence-electron chi connectivity index (χ4n) is 1.70. The van der Waals surface area contributed by atoms with Gasteiger partial charge in [-0.3, -0.25) is 10.1 Å². The molecule has 0 atom stereocenters. The largest absolute Gasteiger partial charge is 0.378 e. The Morgan fingerprint density at radius 3 is 2.47 bits per heavy atom. The highest BCUT2D eigenvalue weighted by Gasteiger charge is 2.28. The predicted octanol–water partition coefficient (Wildman–Crippen LogP) is 1.58. The normalized spacial score (nSPS) is 10.9. The van der Waals surface area contributed by atoms with E-state index in [0.717, 1.165) is 5.69 Å². The molecule has 0 radical (unpaired) electrons. The lowest BCUT2D eigenvalue weighted by atomic mass is 10.1. The van der Waals surface area contributed by atoms with E-state index < -0.39 is 4.92 Å². The molecule has 0 fully saturated rings. The van der Waals surface area contributed by atoms with Crippen molar-refractivity contribution in [2.45, 2.75) is 26.7 Å². The Morgan fingerprint density at radius 1 is 1.37 bits per heavy atom. The molecule has 0 aliphatic heterocycles. The summed E-state index contributed by atoms with van der Waals surface area (Å²) >= 11 is 0. The molecule has 2 N–H and O–H groups in total. The van der Waals surface area contributed by atoms with E-state index in [1.807, 2.05) is 13.8 Å². The molecule has 2 heterocycles. The minimum atomic E-state index is -0.518. The summed E-state index contributed by atoms with van der Waals surface area (Å²) in [6.45, 7) is 5.44. The van der Waals surface area contributed by atoms with Crippen molar-refractivity contribution in [3.63, 3.8) is 0 Å². The maximum atomic E-state index is 11.1. The summed E-state index contributed by atoms with van der Waals surface area (Å²) in [5.41, 5.74) is 6.72. The third-order valence-corrected chi connectivity index (χ3v) is 2.65. The third kappa shape index (κ3) is 2.24. The SMILES string of the molecule is Cc1ccc(-n2nc(C(C)C)c([N+](=O)[O-])c2N)nn1. The zero-order valence-electron chi connectivity index (χ0n) is 10.9. The van der Waals surface area contributed by atoms with Crippen LogP contribution in [0.25, 0.3) is 5.82 Å². The highest BCUT2D eigenvalue weighted by Crippen LogP contribution is 2.32. The lowest BCUT2D eigenvalue weighted by Gasteiger charge is -2.00. The maximum Gasteiger partial charge on any atom is 0.334 e. The average Bonchev–Trinajstić information content (AvgIpc) is 2.68. The molecule has 8 nitrogen and oxygen atoms in total. The van der Waals surface area contributed by atoms with Crippen LogP contribution in [0.5, 0.6) is 0 Å². The van der Waals surface area contributed by atoms with Crippen LogP contribution in [-0.4, -0.2) is 24.9 Å². The number of nitro groups is 1. The van der Waals surface area contributed by atoms with Crippen molar-refractivity contribution in [2.24, 2.45) is 0 Å². The summed E-state index contributed by atoms with van der Waals surface area (Å²) in [5.74, 6) is 0.215. The molecule has 2 rings (SSSR count). The predicted molar refractivity (Wildman–Crippen MR) is 69.0 cm³/mol. The summed E-state index contributed by atoms with van der Waals surface area (Å²) < 4.78 is 1.25. The van der Waals surface area contributed by atoms with Gasteiger partial charge in [0.2, 0.25) is 5.82 Å². The van der Waals surface area contributed by atoms with Gasteiger partial charge < -0.3 is 5.73 Å². The van der Waals surface area contributed by atoms with Gasteiger partial charge in [-0.25, -0.2) is 0 Å². The van der Waals surface area contributed by atoms with Crippen molar-refractivity contribution in [3.8, 4) is 5.82 Å². The average molecular weight is 262 g/mol. The van der Waals surface area contributed by atoms with Crippen LogP contribution in [-0.2, 0) is 0 Å². The van der Waals surface area contributed by atoms with Crippen LogP contribution in [0.15, 0.2) is 12.1 Å². The molecule has 0 aliphatic carbocycles. The van der Waals surface area contributed by atoms with Crippen LogP contribution in [0.3, 0.4) is 0 Å². The molecule has 2 aromatic rings. The molecule has 0 aromatic carbocycles. The first-order chi connectivity index (χ1) is 8.91. The molecule has 8 heteroatoms. The number of nitrogens with two attached hydrogens (primary N) is 1. The number of rotatable bonds is 3. The van der Waals surface area contributed by atoms with Crippen molar-refractivity contribution in [2.75, 3.05) is 5.73 Å². The summed E-state index contributed by atoms with van der Waals surface area (Å²) in [6.07, 6.45) is 0. The molecular weight excluding hydrogens is 248 g/mol. The molecule has 2 aromatic heterocycles. The van der Waals surface area contributed by atoms with Crippen molar-refractivity contribution >= 4 is 11.5 Å². The van der Waals surface area contributed by atoms with Crippen LogP contribution >= 0.6 is 0 Å². The van der Waals surface area contributed by atoms with E-state index in [1.54, 1.807) is 19.1 Å². The van der Waals surface area contributed by atoms with Crippen molar-refractivity contribution in [1.82, 2.24) is 20.0 Å². The van der Waals surface area contributed by atoms with Crippen LogP contribution in [0.4, 0.5) is 11.5 Å². The highest BCUT2D eigenvalue weighted by molar-refractivity contribution is 5.60. The van der Waals surface area contributed by atoms with Gasteiger partial charge in [0, 0.05) is 5.92 Å². The summed E-state index contributed by atoms with van der Waals surface area (Å²) in [6, 6.07) is 3.41. The number of nitrogen functional groups attached to an aromatic ring is 1. The minimum Gasteiger partial charge on any atom is -0.378 e. The molecule has 0 saturated carbocycles. The first-order valence-corrected chi connectivity index (χ1v) is 5.75. The molecular formula is C11H14N6O2. The van der Waals surface area contributed by atoms with Crippen molar-refractivity contribution in [3.05, 3.63) is 33.6 Å². The summed E-state index contributed by atoms with van der Waals surface area (Å²) in [5, 5.41) is 23.1. The van der Waals surface area contributed by atoms with E-state index in [0.29, 0.717) is 11.5 Å².